The average molecular weight is 103 g/mol. The number of hydrogen-bond acceptors (Lipinski definition) is 1. The van der Waals surface area contributed by atoms with Gasteiger partial charge in [0.05, 0.1) is 12.7 Å². The lowest BCUT2D eigenvalue weighted by atomic mass is 10.2. The monoisotopic (exact) mass is 103 g/mol. The Morgan fingerprint density at radius 3 is 2.43 bits per heavy atom. The molecule has 1 radical (unpaired) electrons. The number of aliphatic hydroxyl groups excluding tert-OH is 1. The Kier molecular flexibility index (Phi) is 4.04. The summed E-state index contributed by atoms with van der Waals surface area (Å²) in [5.41, 5.74) is 0. The van der Waals surface area contributed by atoms with Crippen molar-refractivity contribution >= 4 is 0 Å². The molecule has 0 aromatic carbocycles. The van der Waals surface area contributed by atoms with Crippen LogP contribution in [0.5, 0.6) is 0 Å². The number of aliphatic hydroxyl groups is 1. The maximum Gasteiger partial charge on any atom is 0.0846 e. The summed E-state index contributed by atoms with van der Waals surface area (Å²) in [5, 5.41) is 18.4. The lowest BCUT2D eigenvalue weighted by molar-refractivity contribution is 0.102. The highest BCUT2D eigenvalue weighted by molar-refractivity contribution is 4.47. The maximum absolute atomic E-state index is 9.74. The highest BCUT2D eigenvalue weighted by atomic mass is 16.3. The second-order valence-corrected chi connectivity index (χ2v) is 1.55. The van der Waals surface area contributed by atoms with Crippen molar-refractivity contribution in [1.82, 2.24) is 0 Å². The minimum atomic E-state index is -0.363. The second kappa shape index (κ2) is 4.09. The molecule has 0 amide bonds. The molecule has 7 heavy (non-hydrogen) atoms. The molecule has 0 saturated carbocycles. The van der Waals surface area contributed by atoms with Crippen molar-refractivity contribution in [1.29, 1.82) is 0 Å². The van der Waals surface area contributed by atoms with E-state index in [1.165, 1.54) is 0 Å². The van der Waals surface area contributed by atoms with E-state index in [0.29, 0.717) is 12.8 Å². The van der Waals surface area contributed by atoms with Crippen LogP contribution in [0.25, 0.3) is 0 Å². The highest BCUT2D eigenvalue weighted by Crippen LogP contribution is 1.93. The van der Waals surface area contributed by atoms with Crippen LogP contribution in [0.3, 0.4) is 0 Å². The first-order valence-corrected chi connectivity index (χ1v) is 2.57. The summed E-state index contributed by atoms with van der Waals surface area (Å²) in [6.45, 7) is 1.70. The molecule has 0 fully saturated rings. The Labute approximate surface area is 43.8 Å². The Balaban J connectivity index is 2.83. The van der Waals surface area contributed by atoms with Crippen molar-refractivity contribution in [3.05, 3.63) is 0 Å². The summed E-state index contributed by atoms with van der Waals surface area (Å²) in [7, 11) is 0. The van der Waals surface area contributed by atoms with Gasteiger partial charge in [-0.25, -0.2) is 5.11 Å². The molecule has 1 N–H and O–H groups in total. The molecule has 1 atom stereocenters. The zero-order valence-corrected chi connectivity index (χ0v) is 4.55. The van der Waals surface area contributed by atoms with Crippen molar-refractivity contribution in [2.45, 2.75) is 25.9 Å². The van der Waals surface area contributed by atoms with E-state index in [1.807, 2.05) is 6.92 Å². The first kappa shape index (κ1) is 6.92. The van der Waals surface area contributed by atoms with E-state index in [-0.39, 0.29) is 12.7 Å². The summed E-state index contributed by atoms with van der Waals surface area (Å²) in [6.07, 6.45) is 0.733. The maximum atomic E-state index is 9.74. The second-order valence-electron chi connectivity index (χ2n) is 1.55. The van der Waals surface area contributed by atoms with E-state index in [2.05, 4.69) is 0 Å². The Hall–Kier alpha value is -0.0800. The zero-order valence-electron chi connectivity index (χ0n) is 4.55. The number of hydrogen-bond donors (Lipinski definition) is 1. The van der Waals surface area contributed by atoms with Crippen LogP contribution in [-0.2, 0) is 5.11 Å². The van der Waals surface area contributed by atoms with Gasteiger partial charge in [-0.3, -0.25) is 0 Å². The Morgan fingerprint density at radius 1 is 1.71 bits per heavy atom. The minimum absolute atomic E-state index is 0.158. The van der Waals surface area contributed by atoms with Crippen molar-refractivity contribution in [2.75, 3.05) is 6.61 Å². The third kappa shape index (κ3) is 3.76. The molecule has 0 aliphatic heterocycles. The van der Waals surface area contributed by atoms with Crippen LogP contribution in [0.4, 0.5) is 0 Å². The number of rotatable bonds is 3. The molecule has 0 aliphatic carbocycles. The topological polar surface area (TPSA) is 40.1 Å². The summed E-state index contributed by atoms with van der Waals surface area (Å²) < 4.78 is 0. The first-order valence-electron chi connectivity index (χ1n) is 2.57. The molecule has 0 aliphatic rings. The molecular weight excluding hydrogens is 92.1 g/mol. The molecule has 0 heterocycles. The van der Waals surface area contributed by atoms with E-state index in [9.17, 15) is 5.11 Å². The van der Waals surface area contributed by atoms with Gasteiger partial charge in [-0.2, -0.15) is 0 Å². The quantitative estimate of drug-likeness (QED) is 0.557. The molecule has 0 spiro atoms. The largest absolute Gasteiger partial charge is 0.393 e. The fourth-order valence-corrected chi connectivity index (χ4v) is 0.340. The van der Waals surface area contributed by atoms with Crippen LogP contribution in [0.15, 0.2) is 0 Å². The molecule has 0 rings (SSSR count). The van der Waals surface area contributed by atoms with E-state index < -0.39 is 0 Å². The average Bonchev–Trinajstić information content (AvgIpc) is 1.68. The SMILES string of the molecule is CCC(O)CC[O]. The zero-order chi connectivity index (χ0) is 5.70. The van der Waals surface area contributed by atoms with Crippen molar-refractivity contribution in [3.63, 3.8) is 0 Å². The molecule has 1 unspecified atom stereocenters. The molecule has 2 heteroatoms. The summed E-state index contributed by atoms with van der Waals surface area (Å²) in [4.78, 5) is 0. The van der Waals surface area contributed by atoms with Gasteiger partial charge in [-0.15, -0.1) is 0 Å². The summed E-state index contributed by atoms with van der Waals surface area (Å²) in [6, 6.07) is 0. The van der Waals surface area contributed by atoms with Crippen molar-refractivity contribution < 1.29 is 10.2 Å². The molecule has 2 nitrogen and oxygen atoms in total. The fourth-order valence-electron chi connectivity index (χ4n) is 0.340. The molecule has 0 aromatic rings. The predicted molar refractivity (Wildman–Crippen MR) is 26.5 cm³/mol. The van der Waals surface area contributed by atoms with Gasteiger partial charge in [-0.1, -0.05) is 6.92 Å². The van der Waals surface area contributed by atoms with Crippen molar-refractivity contribution in [2.24, 2.45) is 0 Å². The summed E-state index contributed by atoms with van der Waals surface area (Å²) in [5.74, 6) is 0. The Morgan fingerprint density at radius 2 is 2.29 bits per heavy atom. The van der Waals surface area contributed by atoms with Crippen LogP contribution < -0.4 is 0 Å². The van der Waals surface area contributed by atoms with Gasteiger partial charge < -0.3 is 5.11 Å². The predicted octanol–water partition coefficient (Wildman–Crippen LogP) is 0.578. The van der Waals surface area contributed by atoms with E-state index in [0.717, 1.165) is 0 Å². The lowest BCUT2D eigenvalue weighted by Crippen LogP contribution is -2.05. The van der Waals surface area contributed by atoms with E-state index >= 15 is 0 Å². The van der Waals surface area contributed by atoms with Crippen LogP contribution in [0, 0.1) is 0 Å². The van der Waals surface area contributed by atoms with Gasteiger partial charge in [0.25, 0.3) is 0 Å². The van der Waals surface area contributed by atoms with Gasteiger partial charge in [0, 0.05) is 0 Å². The fraction of sp³-hybridized carbons (Fsp3) is 1.00. The van der Waals surface area contributed by atoms with E-state index in [1.54, 1.807) is 0 Å². The van der Waals surface area contributed by atoms with Crippen LogP contribution in [0.1, 0.15) is 19.8 Å². The molecule has 0 bridgehead atoms. The van der Waals surface area contributed by atoms with Crippen LogP contribution in [0.2, 0.25) is 0 Å². The standard InChI is InChI=1S/C5H11O2/c1-2-5(7)3-4-6/h5,7H,2-4H2,1H3. The molecular formula is C5H11O2. The third-order valence-electron chi connectivity index (χ3n) is 0.922. The normalized spacial score (nSPS) is 14.1. The first-order chi connectivity index (χ1) is 3.31. The van der Waals surface area contributed by atoms with Gasteiger partial charge in [-0.05, 0) is 12.8 Å². The highest BCUT2D eigenvalue weighted by Gasteiger charge is 1.96. The van der Waals surface area contributed by atoms with Gasteiger partial charge in [0.1, 0.15) is 0 Å². The Bertz CT molecular complexity index is 37.1. The molecule has 43 valence electrons. The van der Waals surface area contributed by atoms with Gasteiger partial charge in [0.15, 0.2) is 0 Å². The van der Waals surface area contributed by atoms with E-state index in [4.69, 9.17) is 5.11 Å². The lowest BCUT2D eigenvalue weighted by Gasteiger charge is -2.00. The van der Waals surface area contributed by atoms with Crippen LogP contribution >= 0.6 is 0 Å². The van der Waals surface area contributed by atoms with Crippen molar-refractivity contribution in [3.8, 4) is 0 Å². The molecule has 0 saturated heterocycles. The third-order valence-corrected chi connectivity index (χ3v) is 0.922. The van der Waals surface area contributed by atoms with Gasteiger partial charge in [0.2, 0.25) is 0 Å². The molecule has 0 aromatic heterocycles. The van der Waals surface area contributed by atoms with Crippen LogP contribution in [-0.4, -0.2) is 17.8 Å². The summed E-state index contributed by atoms with van der Waals surface area (Å²) >= 11 is 0. The smallest absolute Gasteiger partial charge is 0.0846 e. The van der Waals surface area contributed by atoms with Gasteiger partial charge >= 0.3 is 0 Å². The minimum Gasteiger partial charge on any atom is -0.393 e.